The van der Waals surface area contributed by atoms with Gasteiger partial charge in [0.15, 0.2) is 11.5 Å². The molecule has 0 saturated carbocycles. The standard InChI is InChI=1S/C23H22N2O5S/c1-17-7-10-20(11-8-17)31(27,28)25(19-5-3-2-4-6-19)15-23(26)24-14-18-9-12-21-22(13-18)30-16-29-21/h2-13H,14-16H2,1H3,(H,24,26). The van der Waals surface area contributed by atoms with Crippen molar-refractivity contribution in [1.82, 2.24) is 5.32 Å². The normalized spacial score (nSPS) is 12.4. The molecule has 1 N–H and O–H groups in total. The van der Waals surface area contributed by atoms with Crippen molar-refractivity contribution >= 4 is 21.6 Å². The third-order valence-electron chi connectivity index (χ3n) is 4.87. The summed E-state index contributed by atoms with van der Waals surface area (Å²) in [5, 5.41) is 2.78. The molecule has 0 bridgehead atoms. The summed E-state index contributed by atoms with van der Waals surface area (Å²) < 4.78 is 38.3. The van der Waals surface area contributed by atoms with E-state index < -0.39 is 15.9 Å². The first-order chi connectivity index (χ1) is 14.9. The Labute approximate surface area is 181 Å². The van der Waals surface area contributed by atoms with Crippen LogP contribution in [0.15, 0.2) is 77.7 Å². The second-order valence-electron chi connectivity index (χ2n) is 7.12. The molecule has 160 valence electrons. The molecule has 0 spiro atoms. The Morgan fingerprint density at radius 2 is 1.68 bits per heavy atom. The SMILES string of the molecule is Cc1ccc(S(=O)(=O)N(CC(=O)NCc2ccc3c(c2)OCO3)c2ccccc2)cc1. The highest BCUT2D eigenvalue weighted by Gasteiger charge is 2.27. The van der Waals surface area contributed by atoms with Gasteiger partial charge in [0, 0.05) is 6.54 Å². The molecule has 0 radical (unpaired) electrons. The number of ether oxygens (including phenoxy) is 2. The van der Waals surface area contributed by atoms with E-state index >= 15 is 0 Å². The molecule has 1 aliphatic heterocycles. The fraction of sp³-hybridized carbons (Fsp3) is 0.174. The van der Waals surface area contributed by atoms with Crippen LogP contribution in [-0.4, -0.2) is 27.7 Å². The van der Waals surface area contributed by atoms with Crippen LogP contribution < -0.4 is 19.1 Å². The molecule has 0 unspecified atom stereocenters. The minimum absolute atomic E-state index is 0.130. The van der Waals surface area contributed by atoms with E-state index in [9.17, 15) is 13.2 Å². The Morgan fingerprint density at radius 1 is 0.968 bits per heavy atom. The number of hydrogen-bond donors (Lipinski definition) is 1. The lowest BCUT2D eigenvalue weighted by molar-refractivity contribution is -0.119. The van der Waals surface area contributed by atoms with Gasteiger partial charge in [0.05, 0.1) is 10.6 Å². The number of fused-ring (bicyclic) bond motifs is 1. The van der Waals surface area contributed by atoms with Crippen LogP contribution in [0.2, 0.25) is 0 Å². The van der Waals surface area contributed by atoms with Crippen LogP contribution in [0.4, 0.5) is 5.69 Å². The third-order valence-corrected chi connectivity index (χ3v) is 6.66. The molecule has 1 aliphatic rings. The van der Waals surface area contributed by atoms with Crippen LogP contribution in [-0.2, 0) is 21.4 Å². The summed E-state index contributed by atoms with van der Waals surface area (Å²) in [6.07, 6.45) is 0. The maximum absolute atomic E-state index is 13.3. The summed E-state index contributed by atoms with van der Waals surface area (Å²) in [6, 6.07) is 20.5. The number of benzene rings is 3. The van der Waals surface area contributed by atoms with Gasteiger partial charge >= 0.3 is 0 Å². The number of aryl methyl sites for hydroxylation is 1. The summed E-state index contributed by atoms with van der Waals surface area (Å²) in [7, 11) is -3.92. The fourth-order valence-electron chi connectivity index (χ4n) is 3.18. The van der Waals surface area contributed by atoms with E-state index in [-0.39, 0.29) is 24.8 Å². The van der Waals surface area contributed by atoms with Crippen molar-refractivity contribution < 1.29 is 22.7 Å². The topological polar surface area (TPSA) is 84.9 Å². The summed E-state index contributed by atoms with van der Waals surface area (Å²) >= 11 is 0. The van der Waals surface area contributed by atoms with Crippen molar-refractivity contribution in [3.05, 3.63) is 83.9 Å². The van der Waals surface area contributed by atoms with Crippen molar-refractivity contribution in [3.8, 4) is 11.5 Å². The number of hydrogen-bond acceptors (Lipinski definition) is 5. The smallest absolute Gasteiger partial charge is 0.264 e. The van der Waals surface area contributed by atoms with E-state index in [1.807, 2.05) is 13.0 Å². The summed E-state index contributed by atoms with van der Waals surface area (Å²) in [6.45, 7) is 1.95. The molecule has 0 saturated heterocycles. The summed E-state index contributed by atoms with van der Waals surface area (Å²) in [5.41, 5.74) is 2.19. The molecule has 0 fully saturated rings. The van der Waals surface area contributed by atoms with Crippen LogP contribution in [0.5, 0.6) is 11.5 Å². The highest BCUT2D eigenvalue weighted by atomic mass is 32.2. The zero-order chi connectivity index (χ0) is 21.8. The van der Waals surface area contributed by atoms with Crippen molar-refractivity contribution in [2.75, 3.05) is 17.6 Å². The first-order valence-corrected chi connectivity index (χ1v) is 11.2. The Hall–Kier alpha value is -3.52. The van der Waals surface area contributed by atoms with Crippen LogP contribution in [0.25, 0.3) is 0 Å². The molecular weight excluding hydrogens is 416 g/mol. The predicted molar refractivity (Wildman–Crippen MR) is 117 cm³/mol. The van der Waals surface area contributed by atoms with E-state index in [1.54, 1.807) is 66.7 Å². The lowest BCUT2D eigenvalue weighted by Crippen LogP contribution is -2.40. The second-order valence-corrected chi connectivity index (χ2v) is 8.99. The van der Waals surface area contributed by atoms with Gasteiger partial charge in [-0.2, -0.15) is 0 Å². The first-order valence-electron chi connectivity index (χ1n) is 9.73. The van der Waals surface area contributed by atoms with Gasteiger partial charge in [-0.1, -0.05) is 42.0 Å². The van der Waals surface area contributed by atoms with Gasteiger partial charge in [-0.3, -0.25) is 9.10 Å². The van der Waals surface area contributed by atoms with Crippen LogP contribution in [0.3, 0.4) is 0 Å². The summed E-state index contributed by atoms with van der Waals surface area (Å²) in [4.78, 5) is 12.8. The maximum Gasteiger partial charge on any atom is 0.264 e. The molecule has 7 nitrogen and oxygen atoms in total. The molecule has 1 heterocycles. The van der Waals surface area contributed by atoms with E-state index in [2.05, 4.69) is 5.32 Å². The van der Waals surface area contributed by atoms with Gasteiger partial charge in [-0.05, 0) is 48.9 Å². The number of carbonyl (C=O) groups is 1. The van der Waals surface area contributed by atoms with Crippen LogP contribution in [0, 0.1) is 6.92 Å². The molecule has 8 heteroatoms. The van der Waals surface area contributed by atoms with E-state index in [4.69, 9.17) is 9.47 Å². The van der Waals surface area contributed by atoms with Gasteiger partial charge in [-0.15, -0.1) is 0 Å². The number of para-hydroxylation sites is 1. The molecule has 0 atom stereocenters. The molecule has 0 aromatic heterocycles. The quantitative estimate of drug-likeness (QED) is 0.612. The number of carbonyl (C=O) groups excluding carboxylic acids is 1. The molecular formula is C23H22N2O5S. The minimum Gasteiger partial charge on any atom is -0.454 e. The zero-order valence-corrected chi connectivity index (χ0v) is 17.8. The predicted octanol–water partition coefficient (Wildman–Crippen LogP) is 3.24. The van der Waals surface area contributed by atoms with E-state index in [0.29, 0.717) is 17.2 Å². The Kier molecular flexibility index (Phi) is 5.81. The fourth-order valence-corrected chi connectivity index (χ4v) is 4.61. The number of rotatable bonds is 7. The Morgan fingerprint density at radius 3 is 2.42 bits per heavy atom. The van der Waals surface area contributed by atoms with Crippen LogP contribution in [0.1, 0.15) is 11.1 Å². The lowest BCUT2D eigenvalue weighted by Gasteiger charge is -2.24. The van der Waals surface area contributed by atoms with Gasteiger partial charge < -0.3 is 14.8 Å². The van der Waals surface area contributed by atoms with Crippen molar-refractivity contribution in [1.29, 1.82) is 0 Å². The van der Waals surface area contributed by atoms with Crippen molar-refractivity contribution in [2.24, 2.45) is 0 Å². The lowest BCUT2D eigenvalue weighted by atomic mass is 10.2. The van der Waals surface area contributed by atoms with Gasteiger partial charge in [0.2, 0.25) is 12.7 Å². The molecule has 0 aliphatic carbocycles. The first kappa shape index (κ1) is 20.7. The minimum atomic E-state index is -3.92. The molecule has 3 aromatic carbocycles. The number of sulfonamides is 1. The largest absolute Gasteiger partial charge is 0.454 e. The average molecular weight is 439 g/mol. The summed E-state index contributed by atoms with van der Waals surface area (Å²) in [5.74, 6) is 0.867. The van der Waals surface area contributed by atoms with E-state index in [1.165, 1.54) is 0 Å². The molecule has 1 amide bonds. The van der Waals surface area contributed by atoms with Gasteiger partial charge in [0.25, 0.3) is 10.0 Å². The zero-order valence-electron chi connectivity index (χ0n) is 16.9. The highest BCUT2D eigenvalue weighted by Crippen LogP contribution is 2.32. The van der Waals surface area contributed by atoms with Crippen molar-refractivity contribution in [3.63, 3.8) is 0 Å². The molecule has 31 heavy (non-hydrogen) atoms. The monoisotopic (exact) mass is 438 g/mol. The van der Waals surface area contributed by atoms with Gasteiger partial charge in [0.1, 0.15) is 6.54 Å². The number of anilines is 1. The number of nitrogens with zero attached hydrogens (tertiary/aromatic N) is 1. The third kappa shape index (κ3) is 4.64. The Balaban J connectivity index is 1.52. The van der Waals surface area contributed by atoms with E-state index in [0.717, 1.165) is 15.4 Å². The maximum atomic E-state index is 13.3. The van der Waals surface area contributed by atoms with Crippen molar-refractivity contribution in [2.45, 2.75) is 18.4 Å². The average Bonchev–Trinajstić information content (AvgIpc) is 3.25. The second kappa shape index (κ2) is 8.69. The van der Waals surface area contributed by atoms with Gasteiger partial charge in [-0.25, -0.2) is 8.42 Å². The number of nitrogens with one attached hydrogen (secondary N) is 1. The molecule has 4 rings (SSSR count). The number of amides is 1. The molecule has 3 aromatic rings. The Bertz CT molecular complexity index is 1180. The highest BCUT2D eigenvalue weighted by molar-refractivity contribution is 7.92. The van der Waals surface area contributed by atoms with Crippen LogP contribution >= 0.6 is 0 Å².